The maximum absolute atomic E-state index is 14.5. The zero-order chi connectivity index (χ0) is 16.9. The van der Waals surface area contributed by atoms with Crippen LogP contribution in [0.5, 0.6) is 5.75 Å². The Balaban J connectivity index is 1.59. The zero-order valence-corrected chi connectivity index (χ0v) is 15.8. The van der Waals surface area contributed by atoms with E-state index in [9.17, 15) is 4.39 Å². The molecule has 3 rings (SSSR count). The molecule has 0 unspecified atom stereocenters. The number of ether oxygens (including phenoxy) is 1. The molecule has 3 heteroatoms. The molecule has 0 aliphatic heterocycles. The summed E-state index contributed by atoms with van der Waals surface area (Å²) in [5.74, 6) is 2.03. The molecule has 0 N–H and O–H groups in total. The van der Waals surface area contributed by atoms with Gasteiger partial charge in [-0.05, 0) is 55.2 Å². The lowest BCUT2D eigenvalue weighted by atomic mass is 9.78. The van der Waals surface area contributed by atoms with Gasteiger partial charge in [0.05, 0.1) is 11.3 Å². The number of hydrogen-bond acceptors (Lipinski definition) is 2. The number of thiophene rings is 1. The van der Waals surface area contributed by atoms with Gasteiger partial charge in [-0.3, -0.25) is 0 Å². The highest BCUT2D eigenvalue weighted by Gasteiger charge is 2.21. The number of halogens is 1. The highest BCUT2D eigenvalue weighted by Crippen LogP contribution is 2.37. The van der Waals surface area contributed by atoms with Crippen LogP contribution in [0.15, 0.2) is 18.2 Å². The Kier molecular flexibility index (Phi) is 6.15. The fourth-order valence-corrected chi connectivity index (χ4v) is 5.16. The average Bonchev–Trinajstić information content (AvgIpc) is 3.01. The van der Waals surface area contributed by atoms with Crippen molar-refractivity contribution in [3.8, 4) is 5.75 Å². The third kappa shape index (κ3) is 4.11. The standard InChI is InChI=1S/C21H29FOS/c1-3-5-15-6-8-16(9-7-15)10-12-18-14-17-11-13-19(23-4-2)20(22)21(17)24-18/h11,13-16H,3-10,12H2,1-2H3. The fraction of sp³-hybridized carbons (Fsp3) is 0.619. The Morgan fingerprint density at radius 1 is 1.08 bits per heavy atom. The third-order valence-electron chi connectivity index (χ3n) is 5.40. The Bertz CT molecular complexity index is 655. The van der Waals surface area contributed by atoms with Crippen molar-refractivity contribution >= 4 is 21.4 Å². The predicted molar refractivity (Wildman–Crippen MR) is 102 cm³/mol. The van der Waals surface area contributed by atoms with E-state index in [4.69, 9.17) is 4.74 Å². The van der Waals surface area contributed by atoms with Crippen LogP contribution in [0.4, 0.5) is 4.39 Å². The van der Waals surface area contributed by atoms with Crippen LogP contribution >= 0.6 is 11.3 Å². The molecule has 1 fully saturated rings. The van der Waals surface area contributed by atoms with Crippen LogP contribution in [-0.2, 0) is 6.42 Å². The van der Waals surface area contributed by atoms with Gasteiger partial charge in [0.2, 0.25) is 0 Å². The summed E-state index contributed by atoms with van der Waals surface area (Å²) < 4.78 is 20.6. The minimum absolute atomic E-state index is 0.189. The molecule has 1 saturated carbocycles. The second-order valence-corrected chi connectivity index (χ2v) is 8.29. The van der Waals surface area contributed by atoms with Gasteiger partial charge in [0.15, 0.2) is 11.6 Å². The Labute approximate surface area is 149 Å². The van der Waals surface area contributed by atoms with Crippen LogP contribution in [0.2, 0.25) is 0 Å². The summed E-state index contributed by atoms with van der Waals surface area (Å²) in [5, 5.41) is 1.02. The summed E-state index contributed by atoms with van der Waals surface area (Å²) in [5.41, 5.74) is 0. The average molecular weight is 349 g/mol. The molecule has 0 spiro atoms. The number of aryl methyl sites for hydroxylation is 1. The molecular weight excluding hydrogens is 319 g/mol. The summed E-state index contributed by atoms with van der Waals surface area (Å²) in [6.07, 6.45) is 10.7. The van der Waals surface area contributed by atoms with Crippen LogP contribution in [0.3, 0.4) is 0 Å². The Morgan fingerprint density at radius 2 is 1.79 bits per heavy atom. The van der Waals surface area contributed by atoms with E-state index in [1.54, 1.807) is 17.4 Å². The molecule has 0 radical (unpaired) electrons. The summed E-state index contributed by atoms with van der Waals surface area (Å²) in [4.78, 5) is 1.31. The second kappa shape index (κ2) is 8.33. The lowest BCUT2D eigenvalue weighted by molar-refractivity contribution is 0.252. The Morgan fingerprint density at radius 3 is 2.46 bits per heavy atom. The lowest BCUT2D eigenvalue weighted by Crippen LogP contribution is -2.14. The van der Waals surface area contributed by atoms with Crippen molar-refractivity contribution < 1.29 is 9.13 Å². The van der Waals surface area contributed by atoms with Gasteiger partial charge in [-0.2, -0.15) is 0 Å². The van der Waals surface area contributed by atoms with Crippen LogP contribution in [0.25, 0.3) is 10.1 Å². The number of rotatable bonds is 7. The first kappa shape index (κ1) is 17.7. The second-order valence-electron chi connectivity index (χ2n) is 7.16. The summed E-state index contributed by atoms with van der Waals surface area (Å²) in [6, 6.07) is 5.91. The molecule has 0 atom stereocenters. The quantitative estimate of drug-likeness (QED) is 0.524. The minimum atomic E-state index is -0.189. The molecule has 1 aromatic heterocycles. The monoisotopic (exact) mass is 348 g/mol. The predicted octanol–water partition coefficient (Wildman–Crippen LogP) is 6.98. The van der Waals surface area contributed by atoms with Gasteiger partial charge in [0.25, 0.3) is 0 Å². The summed E-state index contributed by atoms with van der Waals surface area (Å²) in [6.45, 7) is 4.68. The van der Waals surface area contributed by atoms with Crippen molar-refractivity contribution in [2.45, 2.75) is 65.2 Å². The van der Waals surface area contributed by atoms with Crippen molar-refractivity contribution in [3.63, 3.8) is 0 Å². The largest absolute Gasteiger partial charge is 0.491 e. The van der Waals surface area contributed by atoms with Gasteiger partial charge in [-0.25, -0.2) is 4.39 Å². The normalized spacial score (nSPS) is 21.3. The van der Waals surface area contributed by atoms with E-state index in [-0.39, 0.29) is 5.82 Å². The zero-order valence-electron chi connectivity index (χ0n) is 14.9. The molecule has 132 valence electrons. The molecule has 1 aliphatic rings. The van der Waals surface area contributed by atoms with Crippen LogP contribution in [0.1, 0.15) is 63.7 Å². The van der Waals surface area contributed by atoms with E-state index in [1.165, 1.54) is 49.8 Å². The number of hydrogen-bond donors (Lipinski definition) is 0. The van der Waals surface area contributed by atoms with E-state index in [0.717, 1.165) is 28.3 Å². The van der Waals surface area contributed by atoms with Crippen molar-refractivity contribution in [3.05, 3.63) is 28.9 Å². The van der Waals surface area contributed by atoms with E-state index >= 15 is 0 Å². The highest BCUT2D eigenvalue weighted by atomic mass is 32.1. The SMILES string of the molecule is CCCC1CCC(CCc2cc3ccc(OCC)c(F)c3s2)CC1. The molecule has 1 nitrogen and oxygen atoms in total. The minimum Gasteiger partial charge on any atom is -0.491 e. The molecule has 0 bridgehead atoms. The van der Waals surface area contributed by atoms with Crippen molar-refractivity contribution in [1.82, 2.24) is 0 Å². The van der Waals surface area contributed by atoms with Gasteiger partial charge in [0.1, 0.15) is 0 Å². The maximum Gasteiger partial charge on any atom is 0.182 e. The summed E-state index contributed by atoms with van der Waals surface area (Å²) in [7, 11) is 0. The van der Waals surface area contributed by atoms with Gasteiger partial charge < -0.3 is 4.74 Å². The van der Waals surface area contributed by atoms with Gasteiger partial charge in [-0.1, -0.05) is 45.4 Å². The van der Waals surface area contributed by atoms with Gasteiger partial charge in [-0.15, -0.1) is 11.3 Å². The first-order valence-corrected chi connectivity index (χ1v) is 10.4. The fourth-order valence-electron chi connectivity index (χ4n) is 4.06. The lowest BCUT2D eigenvalue weighted by Gasteiger charge is -2.28. The maximum atomic E-state index is 14.5. The molecule has 0 saturated heterocycles. The molecule has 24 heavy (non-hydrogen) atoms. The smallest absolute Gasteiger partial charge is 0.182 e. The number of fused-ring (bicyclic) bond motifs is 1. The van der Waals surface area contributed by atoms with Crippen LogP contribution < -0.4 is 4.74 Å². The van der Waals surface area contributed by atoms with E-state index in [2.05, 4.69) is 13.0 Å². The molecule has 0 amide bonds. The van der Waals surface area contributed by atoms with Crippen molar-refractivity contribution in [2.24, 2.45) is 11.8 Å². The van der Waals surface area contributed by atoms with E-state index in [0.29, 0.717) is 12.4 Å². The van der Waals surface area contributed by atoms with E-state index in [1.807, 2.05) is 13.0 Å². The first-order chi connectivity index (χ1) is 11.7. The molecule has 1 aliphatic carbocycles. The van der Waals surface area contributed by atoms with Gasteiger partial charge in [0, 0.05) is 4.88 Å². The van der Waals surface area contributed by atoms with Crippen LogP contribution in [-0.4, -0.2) is 6.61 Å². The Hall–Kier alpha value is -1.09. The summed E-state index contributed by atoms with van der Waals surface area (Å²) >= 11 is 1.61. The van der Waals surface area contributed by atoms with Gasteiger partial charge >= 0.3 is 0 Å². The third-order valence-corrected chi connectivity index (χ3v) is 6.61. The molecule has 2 aromatic rings. The molecule has 1 aromatic carbocycles. The number of benzene rings is 1. The molecule has 1 heterocycles. The van der Waals surface area contributed by atoms with Crippen LogP contribution in [0, 0.1) is 17.7 Å². The molecular formula is C21H29FOS. The highest BCUT2D eigenvalue weighted by molar-refractivity contribution is 7.19. The van der Waals surface area contributed by atoms with E-state index < -0.39 is 0 Å². The van der Waals surface area contributed by atoms with Crippen molar-refractivity contribution in [2.75, 3.05) is 6.61 Å². The first-order valence-electron chi connectivity index (χ1n) is 9.55. The topological polar surface area (TPSA) is 9.23 Å². The van der Waals surface area contributed by atoms with Crippen molar-refractivity contribution in [1.29, 1.82) is 0 Å².